The zero-order valence-electron chi connectivity index (χ0n) is 17.7. The molecule has 0 spiro atoms. The molecule has 3 aromatic rings. The smallest absolute Gasteiger partial charge is 0.339 e. The molecule has 2 aromatic heterocycles. The summed E-state index contributed by atoms with van der Waals surface area (Å²) in [4.78, 5) is 31.5. The van der Waals surface area contributed by atoms with Crippen molar-refractivity contribution >= 4 is 16.9 Å². The number of amides is 1. The van der Waals surface area contributed by atoms with Crippen LogP contribution in [0.4, 0.5) is 0 Å². The van der Waals surface area contributed by atoms with E-state index < -0.39 is 6.10 Å². The molecule has 1 aromatic carbocycles. The summed E-state index contributed by atoms with van der Waals surface area (Å²) < 4.78 is 11.6. The number of hydrogen-bond donors (Lipinski definition) is 0. The van der Waals surface area contributed by atoms with Crippen molar-refractivity contribution in [3.8, 4) is 5.75 Å². The normalized spacial score (nSPS) is 16.5. The molecule has 31 heavy (non-hydrogen) atoms. The Morgan fingerprint density at radius 3 is 2.65 bits per heavy atom. The predicted octanol–water partition coefficient (Wildman–Crippen LogP) is 4.03. The fourth-order valence-electron chi connectivity index (χ4n) is 4.45. The van der Waals surface area contributed by atoms with Gasteiger partial charge in [0.1, 0.15) is 11.3 Å². The van der Waals surface area contributed by atoms with Crippen molar-refractivity contribution in [2.45, 2.75) is 64.1 Å². The Labute approximate surface area is 180 Å². The Hall–Kier alpha value is -3.15. The molecule has 0 N–H and O–H groups in total. The van der Waals surface area contributed by atoms with Crippen molar-refractivity contribution in [2.24, 2.45) is 0 Å². The van der Waals surface area contributed by atoms with E-state index in [1.54, 1.807) is 25.4 Å². The second-order valence-electron chi connectivity index (χ2n) is 8.52. The fourth-order valence-corrected chi connectivity index (χ4v) is 4.45. The van der Waals surface area contributed by atoms with Crippen LogP contribution < -0.4 is 10.4 Å². The monoisotopic (exact) mass is 418 g/mol. The first-order valence-electron chi connectivity index (χ1n) is 11.0. The maximum Gasteiger partial charge on any atom is 0.339 e. The number of rotatable bonds is 6. The second kappa shape index (κ2) is 8.17. The molecule has 6 heteroatoms. The summed E-state index contributed by atoms with van der Waals surface area (Å²) >= 11 is 0. The lowest BCUT2D eigenvalue weighted by Crippen LogP contribution is -2.41. The molecule has 1 fully saturated rings. The van der Waals surface area contributed by atoms with Crippen LogP contribution in [0.3, 0.4) is 0 Å². The van der Waals surface area contributed by atoms with Crippen molar-refractivity contribution < 1.29 is 13.9 Å². The van der Waals surface area contributed by atoms with Gasteiger partial charge >= 0.3 is 5.63 Å². The Morgan fingerprint density at radius 1 is 1.16 bits per heavy atom. The summed E-state index contributed by atoms with van der Waals surface area (Å²) in [5.74, 6) is 0.498. The number of ether oxygens (including phenoxy) is 1. The van der Waals surface area contributed by atoms with Gasteiger partial charge in [-0.3, -0.25) is 9.78 Å². The van der Waals surface area contributed by atoms with E-state index in [0.29, 0.717) is 17.9 Å². The topological polar surface area (TPSA) is 72.6 Å². The van der Waals surface area contributed by atoms with E-state index in [1.807, 2.05) is 29.2 Å². The number of pyridine rings is 1. The molecule has 5 rings (SSSR count). The molecule has 1 unspecified atom stereocenters. The van der Waals surface area contributed by atoms with E-state index in [4.69, 9.17) is 9.15 Å². The third kappa shape index (κ3) is 4.07. The molecule has 0 saturated heterocycles. The van der Waals surface area contributed by atoms with Crippen molar-refractivity contribution in [2.75, 3.05) is 0 Å². The maximum atomic E-state index is 13.2. The van der Waals surface area contributed by atoms with Gasteiger partial charge in [0, 0.05) is 42.0 Å². The molecule has 2 aliphatic rings. The van der Waals surface area contributed by atoms with Gasteiger partial charge in [-0.2, -0.15) is 0 Å². The molecular formula is C25H26N2O4. The van der Waals surface area contributed by atoms with Crippen LogP contribution in [0.5, 0.6) is 5.75 Å². The van der Waals surface area contributed by atoms with E-state index >= 15 is 0 Å². The highest BCUT2D eigenvalue weighted by Gasteiger charge is 2.35. The van der Waals surface area contributed by atoms with Crippen molar-refractivity contribution in [1.29, 1.82) is 0 Å². The van der Waals surface area contributed by atoms with Crippen molar-refractivity contribution in [3.63, 3.8) is 0 Å². The largest absolute Gasteiger partial charge is 0.481 e. The van der Waals surface area contributed by atoms with Gasteiger partial charge in [-0.25, -0.2) is 4.79 Å². The number of benzene rings is 1. The lowest BCUT2D eigenvalue weighted by Gasteiger charge is -2.26. The summed E-state index contributed by atoms with van der Waals surface area (Å²) in [6.07, 6.45) is 8.70. The van der Waals surface area contributed by atoms with Crippen molar-refractivity contribution in [1.82, 2.24) is 9.88 Å². The number of aryl methyl sites for hydroxylation is 1. The minimum Gasteiger partial charge on any atom is -0.481 e. The van der Waals surface area contributed by atoms with Gasteiger partial charge < -0.3 is 14.1 Å². The summed E-state index contributed by atoms with van der Waals surface area (Å²) in [6, 6.07) is 9.68. The zero-order valence-corrected chi connectivity index (χ0v) is 17.7. The number of hydrogen-bond acceptors (Lipinski definition) is 5. The average Bonchev–Trinajstić information content (AvgIpc) is 3.63. The molecule has 1 saturated carbocycles. The molecule has 0 bridgehead atoms. The van der Waals surface area contributed by atoms with Crippen LogP contribution in [0.15, 0.2) is 51.9 Å². The first-order valence-corrected chi connectivity index (χ1v) is 11.0. The first kappa shape index (κ1) is 19.8. The third-order valence-corrected chi connectivity index (χ3v) is 6.23. The molecule has 0 radical (unpaired) electrons. The van der Waals surface area contributed by atoms with Gasteiger partial charge in [0.15, 0.2) is 6.10 Å². The van der Waals surface area contributed by atoms with Gasteiger partial charge in [-0.15, -0.1) is 0 Å². The zero-order chi connectivity index (χ0) is 21.4. The fraction of sp³-hybridized carbons (Fsp3) is 0.400. The third-order valence-electron chi connectivity index (χ3n) is 6.23. The van der Waals surface area contributed by atoms with Crippen LogP contribution >= 0.6 is 0 Å². The average molecular weight is 418 g/mol. The molecular weight excluding hydrogens is 392 g/mol. The molecule has 1 atom stereocenters. The van der Waals surface area contributed by atoms with Gasteiger partial charge in [0.05, 0.1) is 0 Å². The van der Waals surface area contributed by atoms with Crippen LogP contribution in [0, 0.1) is 0 Å². The van der Waals surface area contributed by atoms with Crippen LogP contribution in [-0.4, -0.2) is 27.9 Å². The highest BCUT2D eigenvalue weighted by atomic mass is 16.5. The summed E-state index contributed by atoms with van der Waals surface area (Å²) in [7, 11) is 0. The molecule has 0 aliphatic heterocycles. The standard InChI is InChI=1S/C25H26N2O4/c1-16(24(28)27(18-6-7-18)15-17-10-12-26-13-11-17)30-19-8-9-21-20-4-2-3-5-22(20)25(29)31-23(21)14-19/h8-14,16,18H,2-7,15H2,1H3. The van der Waals surface area contributed by atoms with Crippen LogP contribution in [-0.2, 0) is 24.2 Å². The minimum atomic E-state index is -0.635. The van der Waals surface area contributed by atoms with E-state index in [-0.39, 0.29) is 17.6 Å². The van der Waals surface area contributed by atoms with E-state index in [0.717, 1.165) is 60.6 Å². The number of nitrogens with zero attached hydrogens (tertiary/aromatic N) is 2. The quantitative estimate of drug-likeness (QED) is 0.565. The maximum absolute atomic E-state index is 13.2. The Morgan fingerprint density at radius 2 is 1.90 bits per heavy atom. The lowest BCUT2D eigenvalue weighted by atomic mass is 9.91. The van der Waals surface area contributed by atoms with Gasteiger partial charge in [0.25, 0.3) is 5.91 Å². The Bertz CT molecular complexity index is 1170. The van der Waals surface area contributed by atoms with Gasteiger partial charge in [-0.05, 0) is 80.8 Å². The summed E-state index contributed by atoms with van der Waals surface area (Å²) in [5, 5.41) is 0.970. The van der Waals surface area contributed by atoms with E-state index in [2.05, 4.69) is 4.98 Å². The van der Waals surface area contributed by atoms with E-state index in [9.17, 15) is 9.59 Å². The molecule has 2 aliphatic carbocycles. The Kier molecular flexibility index (Phi) is 5.22. The number of carbonyl (C=O) groups excluding carboxylic acids is 1. The summed E-state index contributed by atoms with van der Waals surface area (Å²) in [6.45, 7) is 2.33. The molecule has 1 amide bonds. The molecule has 6 nitrogen and oxygen atoms in total. The van der Waals surface area contributed by atoms with Crippen LogP contribution in [0.1, 0.15) is 49.3 Å². The van der Waals surface area contributed by atoms with E-state index in [1.165, 1.54) is 0 Å². The van der Waals surface area contributed by atoms with Crippen LogP contribution in [0.25, 0.3) is 11.0 Å². The lowest BCUT2D eigenvalue weighted by molar-refractivity contribution is -0.139. The van der Waals surface area contributed by atoms with Crippen molar-refractivity contribution in [3.05, 3.63) is 69.8 Å². The van der Waals surface area contributed by atoms with Gasteiger partial charge in [-0.1, -0.05) is 0 Å². The number of carbonyl (C=O) groups is 1. The number of fused-ring (bicyclic) bond motifs is 3. The number of aromatic nitrogens is 1. The second-order valence-corrected chi connectivity index (χ2v) is 8.52. The molecule has 160 valence electrons. The van der Waals surface area contributed by atoms with Gasteiger partial charge in [0.2, 0.25) is 0 Å². The van der Waals surface area contributed by atoms with Crippen LogP contribution in [0.2, 0.25) is 0 Å². The highest BCUT2D eigenvalue weighted by molar-refractivity contribution is 5.84. The molecule has 2 heterocycles. The highest BCUT2D eigenvalue weighted by Crippen LogP contribution is 2.31. The first-order chi connectivity index (χ1) is 15.1. The predicted molar refractivity (Wildman–Crippen MR) is 117 cm³/mol. The SMILES string of the molecule is CC(Oc1ccc2c3c(c(=O)oc2c1)CCCC3)C(=O)N(Cc1ccncc1)C1CC1. The minimum absolute atomic E-state index is 0.0358. The summed E-state index contributed by atoms with van der Waals surface area (Å²) in [5.41, 5.74) is 3.25. The Balaban J connectivity index is 1.36.